The predicted octanol–water partition coefficient (Wildman–Crippen LogP) is 7.31. The standard InChI is InChI=1S/C34H31F5N6O3S/c1-4-26(46)45-11-8-25(17(45)2)48-31-21-12-22(34(37,38)39)20(19-6-7-23(36)29-27(19)28(41-3)30(40)49-29)13-24(21)42-32(43-31)47-16-33-9-5-10-44(33)15-18(35)14-33/h4,6-7,12-13,17-18,25H,1,5,8-11,14-16,40H2,2H3. The minimum atomic E-state index is -4.90. The molecule has 256 valence electrons. The molecule has 1 amide bonds. The molecule has 7 rings (SSSR count). The zero-order valence-corrected chi connectivity index (χ0v) is 27.1. The van der Waals surface area contributed by atoms with E-state index in [4.69, 9.17) is 21.8 Å². The maximum Gasteiger partial charge on any atom is 0.417 e. The third-order valence-corrected chi connectivity index (χ3v) is 10.9. The normalized spacial score (nSPS) is 24.0. The van der Waals surface area contributed by atoms with E-state index in [2.05, 4.69) is 26.3 Å². The fourth-order valence-electron chi connectivity index (χ4n) is 7.54. The van der Waals surface area contributed by atoms with Crippen LogP contribution in [0.25, 0.3) is 37.0 Å². The van der Waals surface area contributed by atoms with Gasteiger partial charge in [-0.15, -0.1) is 11.3 Å². The number of hydrogen-bond acceptors (Lipinski definition) is 8. The van der Waals surface area contributed by atoms with Crippen LogP contribution in [0.3, 0.4) is 0 Å². The van der Waals surface area contributed by atoms with Crippen LogP contribution in [0.5, 0.6) is 11.9 Å². The summed E-state index contributed by atoms with van der Waals surface area (Å²) >= 11 is 0.785. The fraction of sp³-hybridized carbons (Fsp3) is 0.412. The van der Waals surface area contributed by atoms with E-state index in [1.807, 2.05) is 0 Å². The summed E-state index contributed by atoms with van der Waals surface area (Å²) in [7, 11) is 0. The number of carbonyl (C=O) groups excluding carboxylic acids is 1. The van der Waals surface area contributed by atoms with Crippen LogP contribution in [0, 0.1) is 12.4 Å². The Hall–Kier alpha value is -4.55. The molecule has 5 heterocycles. The van der Waals surface area contributed by atoms with Gasteiger partial charge in [-0.05, 0) is 61.7 Å². The van der Waals surface area contributed by atoms with Crippen LogP contribution in [0.4, 0.5) is 32.6 Å². The summed E-state index contributed by atoms with van der Waals surface area (Å²) in [5.41, 5.74) is 3.86. The molecule has 15 heteroatoms. The number of rotatable bonds is 7. The van der Waals surface area contributed by atoms with Crippen LogP contribution in [-0.4, -0.2) is 75.8 Å². The van der Waals surface area contributed by atoms with E-state index in [0.717, 1.165) is 36.4 Å². The molecule has 2 N–H and O–H groups in total. The van der Waals surface area contributed by atoms with Crippen molar-refractivity contribution in [3.63, 3.8) is 0 Å². The van der Waals surface area contributed by atoms with Crippen LogP contribution < -0.4 is 15.2 Å². The Morgan fingerprint density at radius 2 is 2.06 bits per heavy atom. The number of hydrogen-bond donors (Lipinski definition) is 1. The van der Waals surface area contributed by atoms with E-state index in [9.17, 15) is 26.7 Å². The lowest BCUT2D eigenvalue weighted by molar-refractivity contribution is -0.137. The smallest absolute Gasteiger partial charge is 0.417 e. The van der Waals surface area contributed by atoms with Gasteiger partial charge in [0.05, 0.1) is 44.3 Å². The molecular weight excluding hydrogens is 667 g/mol. The molecule has 2 aromatic carbocycles. The largest absolute Gasteiger partial charge is 0.471 e. The second-order valence-electron chi connectivity index (χ2n) is 12.7. The maximum absolute atomic E-state index is 14.9. The third kappa shape index (κ3) is 5.60. The summed E-state index contributed by atoms with van der Waals surface area (Å²) in [6, 6.07) is 3.69. The Labute approximate surface area is 281 Å². The highest BCUT2D eigenvalue weighted by Gasteiger charge is 2.49. The Kier molecular flexibility index (Phi) is 8.14. The predicted molar refractivity (Wildman–Crippen MR) is 175 cm³/mol. The quantitative estimate of drug-likeness (QED) is 0.123. The number of thiophene rings is 1. The van der Waals surface area contributed by atoms with E-state index < -0.39 is 41.4 Å². The van der Waals surface area contributed by atoms with Crippen molar-refractivity contribution in [1.82, 2.24) is 19.8 Å². The van der Waals surface area contributed by atoms with Gasteiger partial charge >= 0.3 is 12.2 Å². The summed E-state index contributed by atoms with van der Waals surface area (Å²) in [6.07, 6.45) is -3.10. The minimum absolute atomic E-state index is 0.0168. The minimum Gasteiger partial charge on any atom is -0.471 e. The van der Waals surface area contributed by atoms with Gasteiger partial charge in [-0.25, -0.2) is 13.6 Å². The Bertz CT molecular complexity index is 2050. The number of anilines is 1. The average molecular weight is 699 g/mol. The first-order valence-electron chi connectivity index (χ1n) is 15.8. The highest BCUT2D eigenvalue weighted by atomic mass is 32.1. The van der Waals surface area contributed by atoms with Crippen LogP contribution in [0.2, 0.25) is 0 Å². The van der Waals surface area contributed by atoms with Crippen LogP contribution in [0.15, 0.2) is 36.9 Å². The highest BCUT2D eigenvalue weighted by molar-refractivity contribution is 7.23. The van der Waals surface area contributed by atoms with E-state index in [0.29, 0.717) is 25.9 Å². The first kappa shape index (κ1) is 33.0. The number of likely N-dealkylation sites (tertiary alicyclic amines) is 1. The first-order valence-corrected chi connectivity index (χ1v) is 16.6. The number of carbonyl (C=O) groups is 1. The molecule has 3 aliphatic rings. The number of fused-ring (bicyclic) bond motifs is 3. The number of amides is 1. The molecule has 0 spiro atoms. The first-order chi connectivity index (χ1) is 23.3. The topological polar surface area (TPSA) is 98.2 Å². The molecule has 0 radical (unpaired) electrons. The molecule has 4 unspecified atom stereocenters. The number of nitrogens with zero attached hydrogens (tertiary/aromatic N) is 5. The Balaban J connectivity index is 1.39. The number of nitrogen functional groups attached to an aromatic ring is 1. The van der Waals surface area contributed by atoms with Gasteiger partial charge < -0.3 is 20.1 Å². The van der Waals surface area contributed by atoms with Crippen molar-refractivity contribution in [2.45, 2.75) is 62.6 Å². The van der Waals surface area contributed by atoms with Crippen molar-refractivity contribution in [3.8, 4) is 23.0 Å². The molecule has 3 fully saturated rings. The fourth-order valence-corrected chi connectivity index (χ4v) is 8.47. The third-order valence-electron chi connectivity index (χ3n) is 9.91. The number of halogens is 5. The van der Waals surface area contributed by atoms with Gasteiger partial charge in [-0.1, -0.05) is 12.6 Å². The lowest BCUT2D eigenvalue weighted by Crippen LogP contribution is -2.43. The number of aromatic nitrogens is 2. The van der Waals surface area contributed by atoms with Gasteiger partial charge in [0.25, 0.3) is 0 Å². The van der Waals surface area contributed by atoms with Crippen LogP contribution >= 0.6 is 11.3 Å². The molecule has 4 atom stereocenters. The van der Waals surface area contributed by atoms with Gasteiger partial charge in [0.1, 0.15) is 24.7 Å². The van der Waals surface area contributed by atoms with E-state index >= 15 is 0 Å². The average Bonchev–Trinajstić information content (AvgIpc) is 3.80. The van der Waals surface area contributed by atoms with Crippen molar-refractivity contribution in [1.29, 1.82) is 0 Å². The number of benzene rings is 2. The van der Waals surface area contributed by atoms with E-state index in [1.54, 1.807) is 11.8 Å². The molecule has 2 aromatic heterocycles. The van der Waals surface area contributed by atoms with Crippen molar-refractivity contribution >= 4 is 48.9 Å². The number of nitrogens with two attached hydrogens (primary N) is 1. The summed E-state index contributed by atoms with van der Waals surface area (Å²) in [5.74, 6) is -1.20. The molecule has 3 aliphatic heterocycles. The molecule has 9 nitrogen and oxygen atoms in total. The second-order valence-corrected chi connectivity index (χ2v) is 13.8. The van der Waals surface area contributed by atoms with Crippen molar-refractivity contribution in [3.05, 3.63) is 59.7 Å². The van der Waals surface area contributed by atoms with Crippen molar-refractivity contribution in [2.75, 3.05) is 32.0 Å². The summed E-state index contributed by atoms with van der Waals surface area (Å²) in [6.45, 7) is 14.4. The van der Waals surface area contributed by atoms with Gasteiger partial charge in [-0.3, -0.25) is 9.69 Å². The Morgan fingerprint density at radius 3 is 2.80 bits per heavy atom. The van der Waals surface area contributed by atoms with E-state index in [-0.39, 0.29) is 73.6 Å². The zero-order valence-electron chi connectivity index (χ0n) is 26.3. The van der Waals surface area contributed by atoms with Gasteiger partial charge in [0.15, 0.2) is 0 Å². The summed E-state index contributed by atoms with van der Waals surface area (Å²) in [5, 5.41) is -0.113. The lowest BCUT2D eigenvalue weighted by Gasteiger charge is -2.31. The Morgan fingerprint density at radius 1 is 1.27 bits per heavy atom. The van der Waals surface area contributed by atoms with Crippen LogP contribution in [-0.2, 0) is 11.0 Å². The van der Waals surface area contributed by atoms with Gasteiger partial charge in [0, 0.05) is 31.3 Å². The molecule has 0 aliphatic carbocycles. The van der Waals surface area contributed by atoms with E-state index in [1.165, 1.54) is 18.2 Å². The van der Waals surface area contributed by atoms with Crippen molar-refractivity contribution in [2.24, 2.45) is 0 Å². The monoisotopic (exact) mass is 698 g/mol. The SMILES string of the molecule is [C-]#[N+]c1c(N)sc2c(F)ccc(-c3cc4nc(OCC56CCCN5CC(F)C6)nc(OC5CCN(C(=O)C=C)C5C)c4cc3C(F)(F)F)c12. The highest BCUT2D eigenvalue weighted by Crippen LogP contribution is 2.50. The lowest BCUT2D eigenvalue weighted by atomic mass is 9.94. The number of alkyl halides is 4. The second kappa shape index (κ2) is 12.1. The summed E-state index contributed by atoms with van der Waals surface area (Å²) in [4.78, 5) is 28.4. The molecule has 0 bridgehead atoms. The molecule has 0 saturated carbocycles. The molecule has 4 aromatic rings. The zero-order chi connectivity index (χ0) is 34.8. The van der Waals surface area contributed by atoms with Gasteiger partial charge in [-0.2, -0.15) is 23.1 Å². The molecule has 3 saturated heterocycles. The maximum atomic E-state index is 14.9. The van der Waals surface area contributed by atoms with Gasteiger partial charge in [0.2, 0.25) is 17.5 Å². The number of ether oxygens (including phenoxy) is 2. The van der Waals surface area contributed by atoms with Crippen molar-refractivity contribution < 1.29 is 36.2 Å². The molecular formula is C34H31F5N6O3S. The summed E-state index contributed by atoms with van der Waals surface area (Å²) < 4.78 is 86.4. The molecule has 49 heavy (non-hydrogen) atoms. The van der Waals surface area contributed by atoms with Crippen LogP contribution in [0.1, 0.15) is 38.2 Å².